The lowest BCUT2D eigenvalue weighted by molar-refractivity contribution is -0.0641. The third-order valence-corrected chi connectivity index (χ3v) is 11.5. The fourth-order valence-electron chi connectivity index (χ4n) is 6.77. The number of nitrogens with two attached hydrogens (primary N) is 1. The number of H-pyrrole nitrogens is 1. The Labute approximate surface area is 261 Å². The number of nitrogen functional groups attached to an aromatic ring is 1. The van der Waals surface area contributed by atoms with Gasteiger partial charge >= 0.3 is 14.6 Å². The van der Waals surface area contributed by atoms with Gasteiger partial charge in [0.05, 0.1) is 25.6 Å². The molecule has 4 aliphatic rings. The molecule has 4 aromatic rings. The molecule has 0 aromatic carbocycles. The number of nitrogens with zero attached hydrogens (tertiary/aromatic N) is 8. The summed E-state index contributed by atoms with van der Waals surface area (Å²) in [5.74, 6) is -0.0936. The number of anilines is 1. The predicted octanol–water partition coefficient (Wildman–Crippen LogP) is -0.619. The minimum atomic E-state index is -5.01. The molecule has 2 bridgehead atoms. The van der Waals surface area contributed by atoms with Crippen LogP contribution < -0.4 is 11.3 Å². The number of thiol groups is 1. The number of aryl methyl sites for hydroxylation is 1. The number of aromatic nitrogens is 9. The molecule has 0 radical (unpaired) electrons. The lowest BCUT2D eigenvalue weighted by atomic mass is 10.0. The highest BCUT2D eigenvalue weighted by atomic mass is 32.7. The minimum absolute atomic E-state index is 0.0563. The van der Waals surface area contributed by atoms with Crippen molar-refractivity contribution < 1.29 is 47.1 Å². The van der Waals surface area contributed by atoms with Crippen molar-refractivity contribution in [3.8, 4) is 0 Å². The van der Waals surface area contributed by atoms with Crippen molar-refractivity contribution in [2.24, 2.45) is 11.3 Å². The number of phosphoric acid groups is 1. The quantitative estimate of drug-likeness (QED) is 0.112. The predicted molar refractivity (Wildman–Crippen MR) is 154 cm³/mol. The summed E-state index contributed by atoms with van der Waals surface area (Å²) in [6.07, 6.45) is -5.74. The summed E-state index contributed by atoms with van der Waals surface area (Å²) in [6.45, 7) is -3.88. The van der Waals surface area contributed by atoms with Crippen LogP contribution in [0.4, 0.5) is 5.82 Å². The van der Waals surface area contributed by atoms with E-state index in [4.69, 9.17) is 28.6 Å². The van der Waals surface area contributed by atoms with Gasteiger partial charge in [-0.3, -0.25) is 22.9 Å². The minimum Gasteiger partial charge on any atom is -0.388 e. The molecular formula is C22H26N10O11P2S. The molecule has 2 saturated carbocycles. The summed E-state index contributed by atoms with van der Waals surface area (Å²) in [4.78, 5) is 42.4. The topological polar surface area (TPSA) is 287 Å². The average Bonchev–Trinajstić information content (AvgIpc) is 3.26. The maximum atomic E-state index is 13.6. The molecule has 2 saturated heterocycles. The first-order chi connectivity index (χ1) is 21.8. The zero-order chi connectivity index (χ0) is 32.3. The number of hydrogen-bond acceptors (Lipinski definition) is 17. The summed E-state index contributed by atoms with van der Waals surface area (Å²) in [7, 11) is -5.01. The molecule has 21 nitrogen and oxygen atoms in total. The zero-order valence-electron chi connectivity index (χ0n) is 23.5. The van der Waals surface area contributed by atoms with Crippen LogP contribution in [-0.4, -0.2) is 103 Å². The van der Waals surface area contributed by atoms with E-state index in [1.54, 1.807) is 4.57 Å². The van der Waals surface area contributed by atoms with Gasteiger partial charge in [0.25, 0.3) is 5.56 Å². The van der Waals surface area contributed by atoms with Crippen LogP contribution in [-0.2, 0) is 32.0 Å². The zero-order valence-corrected chi connectivity index (χ0v) is 26.2. The summed E-state index contributed by atoms with van der Waals surface area (Å²) in [5, 5.41) is 30.4. The summed E-state index contributed by atoms with van der Waals surface area (Å²) >= 11 is 4.13. The van der Waals surface area contributed by atoms with Gasteiger partial charge in [-0.1, -0.05) is 17.5 Å². The number of aliphatic hydroxyl groups excluding tert-OH is 2. The molecule has 4 aromatic heterocycles. The van der Waals surface area contributed by atoms with Crippen LogP contribution in [0.2, 0.25) is 0 Å². The number of aliphatic hydroxyl groups is 2. The summed E-state index contributed by atoms with van der Waals surface area (Å²) in [5.41, 5.74) is 4.62. The molecule has 0 amide bonds. The van der Waals surface area contributed by atoms with Crippen LogP contribution in [0, 0.1) is 18.3 Å². The SMILES string of the molecule is Cc1nc2c(nnn2[C@@H]2O[C@@H]3CO[P@](=O)(S)O[C@H]4[C@@H](O)[C@H](n5cnc6c(N)ncnc65)[C@H]5CC54COP(=O)(O)O[C@@H]2[C@@H]3O)c(=O)[nH]1. The molecule has 6 N–H and O–H groups in total. The second-order valence-electron chi connectivity index (χ2n) is 11.6. The average molecular weight is 701 g/mol. The lowest BCUT2D eigenvalue weighted by Gasteiger charge is -2.30. The van der Waals surface area contributed by atoms with Crippen LogP contribution in [0.3, 0.4) is 0 Å². The monoisotopic (exact) mass is 700 g/mol. The Bertz CT molecular complexity index is 2040. The Hall–Kier alpha value is -2.88. The largest absolute Gasteiger partial charge is 0.472 e. The van der Waals surface area contributed by atoms with Crippen LogP contribution in [0.5, 0.6) is 0 Å². The van der Waals surface area contributed by atoms with Gasteiger partial charge in [0, 0.05) is 5.41 Å². The van der Waals surface area contributed by atoms with Crippen LogP contribution in [0.25, 0.3) is 22.3 Å². The van der Waals surface area contributed by atoms with Gasteiger partial charge in [-0.05, 0) is 19.3 Å². The van der Waals surface area contributed by atoms with E-state index in [0.29, 0.717) is 17.6 Å². The number of phosphoric ester groups is 1. The van der Waals surface area contributed by atoms with E-state index in [9.17, 15) is 29.0 Å². The van der Waals surface area contributed by atoms with Crippen LogP contribution >= 0.6 is 26.9 Å². The molecule has 24 heteroatoms. The van der Waals surface area contributed by atoms with E-state index in [1.165, 1.54) is 19.6 Å². The number of fused-ring (bicyclic) bond motifs is 4. The van der Waals surface area contributed by atoms with Gasteiger partial charge in [0.2, 0.25) is 0 Å². The van der Waals surface area contributed by atoms with E-state index in [0.717, 1.165) is 4.68 Å². The van der Waals surface area contributed by atoms with E-state index in [2.05, 4.69) is 47.5 Å². The van der Waals surface area contributed by atoms with E-state index in [1.807, 2.05) is 0 Å². The van der Waals surface area contributed by atoms with E-state index < -0.39 is 87.5 Å². The number of aromatic amines is 1. The van der Waals surface area contributed by atoms with Crippen molar-refractivity contribution in [2.45, 2.75) is 56.1 Å². The second-order valence-corrected chi connectivity index (χ2v) is 15.9. The van der Waals surface area contributed by atoms with E-state index in [-0.39, 0.29) is 22.8 Å². The summed E-state index contributed by atoms with van der Waals surface area (Å²) in [6, 6.07) is -0.751. The maximum Gasteiger partial charge on any atom is 0.472 e. The van der Waals surface area contributed by atoms with Crippen LogP contribution in [0.15, 0.2) is 17.4 Å². The Morgan fingerprint density at radius 1 is 1.13 bits per heavy atom. The molecule has 2 unspecified atom stereocenters. The van der Waals surface area contributed by atoms with Crippen molar-refractivity contribution in [1.82, 2.24) is 44.5 Å². The molecule has 8 rings (SSSR count). The molecule has 2 aliphatic carbocycles. The van der Waals surface area contributed by atoms with Crippen molar-refractivity contribution in [1.29, 1.82) is 0 Å². The standard InChI is InChI=1S/C22H26N10O11P2S/c1-7-27-19-11(20(35)28-7)29-30-32(19)21-15-13(33)9(41-21)3-39-45(38,46)43-16-14(34)12(8-2-22(8,16)4-40-44(36,37)42-15)31-6-26-10-17(23)24-5-25-18(10)31/h5-6,8-9,12-16,21,33-34H,2-4H2,1H3,(H,36,37)(H,38,46)(H2,23,24,25)(H,27,28,35)/t8-,9-,12-,13-,14+,15-,16+,21-,22?,45+/m1/s1. The smallest absolute Gasteiger partial charge is 0.388 e. The second kappa shape index (κ2) is 10.3. The third-order valence-electron chi connectivity index (χ3n) is 8.93. The molecule has 2 aliphatic heterocycles. The summed E-state index contributed by atoms with van der Waals surface area (Å²) < 4.78 is 57.8. The maximum absolute atomic E-state index is 13.6. The van der Waals surface area contributed by atoms with Crippen molar-refractivity contribution in [2.75, 3.05) is 18.9 Å². The lowest BCUT2D eigenvalue weighted by Crippen LogP contribution is -2.37. The van der Waals surface area contributed by atoms with Crippen LogP contribution in [0.1, 0.15) is 24.5 Å². The number of imidazole rings is 1. The van der Waals surface area contributed by atoms with Gasteiger partial charge in [0.1, 0.15) is 48.2 Å². The third kappa shape index (κ3) is 4.66. The normalized spacial score (nSPS) is 41.1. The Kier molecular flexibility index (Phi) is 6.82. The Morgan fingerprint density at radius 2 is 1.93 bits per heavy atom. The molecule has 6 heterocycles. The first-order valence-corrected chi connectivity index (χ1v) is 18.1. The molecule has 4 fully saturated rings. The Balaban J connectivity index is 1.14. The van der Waals surface area contributed by atoms with Crippen molar-refractivity contribution in [3.63, 3.8) is 0 Å². The van der Waals surface area contributed by atoms with Crippen molar-refractivity contribution in [3.05, 3.63) is 28.8 Å². The van der Waals surface area contributed by atoms with Gasteiger partial charge in [-0.2, -0.15) is 4.68 Å². The molecular weight excluding hydrogens is 674 g/mol. The number of ether oxygens (including phenoxy) is 1. The molecule has 1 spiro atoms. The van der Waals surface area contributed by atoms with E-state index >= 15 is 0 Å². The van der Waals surface area contributed by atoms with Crippen molar-refractivity contribution >= 4 is 55.0 Å². The molecule has 11 atom stereocenters. The highest BCUT2D eigenvalue weighted by Crippen LogP contribution is 2.73. The molecule has 46 heavy (non-hydrogen) atoms. The highest BCUT2D eigenvalue weighted by Gasteiger charge is 2.74. The fourth-order valence-corrected chi connectivity index (χ4v) is 9.30. The van der Waals surface area contributed by atoms with Gasteiger partial charge < -0.3 is 35.1 Å². The highest BCUT2D eigenvalue weighted by molar-refractivity contribution is 8.44. The number of nitrogens with one attached hydrogen (secondary N) is 1. The van der Waals surface area contributed by atoms with Gasteiger partial charge in [-0.15, -0.1) is 5.10 Å². The fraction of sp³-hybridized carbons (Fsp3) is 0.591. The van der Waals surface area contributed by atoms with Gasteiger partial charge in [0.15, 0.2) is 28.9 Å². The first kappa shape index (κ1) is 30.5. The first-order valence-electron chi connectivity index (χ1n) is 13.9. The number of hydrogen-bond donors (Lipinski definition) is 6. The molecule has 246 valence electrons. The Morgan fingerprint density at radius 3 is 2.74 bits per heavy atom. The number of rotatable bonds is 2. The van der Waals surface area contributed by atoms with Gasteiger partial charge in [-0.25, -0.2) is 29.1 Å².